The van der Waals surface area contributed by atoms with E-state index in [-0.39, 0.29) is 18.4 Å². The molecule has 1 fully saturated rings. The van der Waals surface area contributed by atoms with Gasteiger partial charge in [0.2, 0.25) is 0 Å². The van der Waals surface area contributed by atoms with Gasteiger partial charge in [-0.2, -0.15) is 0 Å². The van der Waals surface area contributed by atoms with Crippen molar-refractivity contribution in [3.63, 3.8) is 0 Å². The van der Waals surface area contributed by atoms with Gasteiger partial charge in [-0.05, 0) is 12.8 Å². The van der Waals surface area contributed by atoms with E-state index in [2.05, 4.69) is 15.6 Å². The van der Waals surface area contributed by atoms with Gasteiger partial charge in [-0.15, -0.1) is 11.3 Å². The van der Waals surface area contributed by atoms with Crippen molar-refractivity contribution >= 4 is 23.3 Å². The van der Waals surface area contributed by atoms with E-state index in [0.717, 1.165) is 30.7 Å². The van der Waals surface area contributed by atoms with E-state index in [1.165, 1.54) is 0 Å². The third-order valence-corrected chi connectivity index (χ3v) is 4.88. The Labute approximate surface area is 128 Å². The zero-order valence-electron chi connectivity index (χ0n) is 12.1. The Kier molecular flexibility index (Phi) is 5.17. The lowest BCUT2D eigenvalue weighted by atomic mass is 9.93. The first-order valence-corrected chi connectivity index (χ1v) is 8.06. The second-order valence-corrected chi connectivity index (χ2v) is 6.59. The average molecular weight is 311 g/mol. The Morgan fingerprint density at radius 2 is 2.19 bits per heavy atom. The van der Waals surface area contributed by atoms with Crippen LogP contribution in [0.15, 0.2) is 11.6 Å². The zero-order chi connectivity index (χ0) is 15.3. The number of nitrogens with one attached hydrogen (secondary N) is 2. The van der Waals surface area contributed by atoms with Crippen LogP contribution in [0.3, 0.4) is 0 Å². The second kappa shape index (κ2) is 6.89. The molecule has 116 valence electrons. The van der Waals surface area contributed by atoms with E-state index < -0.39 is 11.5 Å². The molecule has 0 saturated heterocycles. The van der Waals surface area contributed by atoms with E-state index in [4.69, 9.17) is 5.11 Å². The van der Waals surface area contributed by atoms with Gasteiger partial charge < -0.3 is 15.7 Å². The molecule has 1 aromatic heterocycles. The number of aliphatic carboxylic acids is 1. The molecule has 1 heterocycles. The van der Waals surface area contributed by atoms with Gasteiger partial charge in [0.15, 0.2) is 0 Å². The van der Waals surface area contributed by atoms with Crippen LogP contribution in [0, 0.1) is 0 Å². The number of amides is 2. The van der Waals surface area contributed by atoms with Crippen molar-refractivity contribution in [3.8, 4) is 0 Å². The normalized spacial score (nSPS) is 18.1. The number of carbonyl (C=O) groups excluding carboxylic acids is 1. The minimum Gasteiger partial charge on any atom is -0.481 e. The summed E-state index contributed by atoms with van der Waals surface area (Å²) in [6, 6.07) is -0.290. The predicted octanol–water partition coefficient (Wildman–Crippen LogP) is 2.33. The molecule has 2 rings (SSSR count). The third-order valence-electron chi connectivity index (χ3n) is 3.87. The fraction of sp³-hybridized carbons (Fsp3) is 0.643. The summed E-state index contributed by atoms with van der Waals surface area (Å²) < 4.78 is 0. The molecule has 0 bridgehead atoms. The average Bonchev–Trinajstić information content (AvgIpc) is 3.06. The minimum absolute atomic E-state index is 0.0115. The first kappa shape index (κ1) is 15.8. The van der Waals surface area contributed by atoms with Gasteiger partial charge in [-0.1, -0.05) is 19.8 Å². The van der Waals surface area contributed by atoms with Crippen molar-refractivity contribution in [2.24, 2.45) is 0 Å². The number of carboxylic acids is 1. The Bertz CT molecular complexity index is 484. The highest BCUT2D eigenvalue weighted by Gasteiger charge is 2.37. The summed E-state index contributed by atoms with van der Waals surface area (Å²) in [6.07, 6.45) is 5.12. The Hall–Kier alpha value is -1.63. The van der Waals surface area contributed by atoms with E-state index in [1.54, 1.807) is 17.5 Å². The number of rotatable bonds is 6. The molecule has 1 aliphatic carbocycles. The third kappa shape index (κ3) is 4.42. The van der Waals surface area contributed by atoms with Crippen LogP contribution >= 0.6 is 11.3 Å². The van der Waals surface area contributed by atoms with Crippen LogP contribution in [0.25, 0.3) is 0 Å². The highest BCUT2D eigenvalue weighted by atomic mass is 32.1. The molecule has 0 radical (unpaired) electrons. The van der Waals surface area contributed by atoms with Gasteiger partial charge >= 0.3 is 12.0 Å². The highest BCUT2D eigenvalue weighted by molar-refractivity contribution is 7.09. The fourth-order valence-electron chi connectivity index (χ4n) is 2.78. The van der Waals surface area contributed by atoms with Crippen LogP contribution in [-0.4, -0.2) is 34.2 Å². The van der Waals surface area contributed by atoms with Gasteiger partial charge in [0.25, 0.3) is 0 Å². The molecular weight excluding hydrogens is 290 g/mol. The van der Waals surface area contributed by atoms with E-state index in [0.29, 0.717) is 6.54 Å². The second-order valence-electron chi connectivity index (χ2n) is 5.66. The van der Waals surface area contributed by atoms with Crippen LogP contribution in [0.2, 0.25) is 0 Å². The molecule has 6 nitrogen and oxygen atoms in total. The molecule has 1 saturated carbocycles. The van der Waals surface area contributed by atoms with Gasteiger partial charge in [0, 0.05) is 24.0 Å². The van der Waals surface area contributed by atoms with Gasteiger partial charge in [0.05, 0.1) is 17.0 Å². The van der Waals surface area contributed by atoms with Crippen molar-refractivity contribution in [1.29, 1.82) is 0 Å². The van der Waals surface area contributed by atoms with Gasteiger partial charge in [-0.3, -0.25) is 4.79 Å². The monoisotopic (exact) mass is 311 g/mol. The maximum atomic E-state index is 12.0. The molecule has 1 aliphatic rings. The molecule has 0 spiro atoms. The molecule has 2 amide bonds. The minimum atomic E-state index is -0.867. The number of hydrogen-bond donors (Lipinski definition) is 3. The van der Waals surface area contributed by atoms with E-state index in [9.17, 15) is 9.59 Å². The quantitative estimate of drug-likeness (QED) is 0.752. The zero-order valence-corrected chi connectivity index (χ0v) is 12.9. The van der Waals surface area contributed by atoms with E-state index in [1.807, 2.05) is 12.3 Å². The number of urea groups is 1. The molecule has 1 unspecified atom stereocenters. The number of aromatic nitrogens is 1. The summed E-state index contributed by atoms with van der Waals surface area (Å²) in [6.45, 7) is 2.49. The van der Waals surface area contributed by atoms with Crippen molar-refractivity contribution in [2.45, 2.75) is 50.5 Å². The molecular formula is C14H21N3O3S. The summed E-state index contributed by atoms with van der Waals surface area (Å²) in [5, 5.41) is 17.6. The number of carbonyl (C=O) groups is 2. The van der Waals surface area contributed by atoms with Gasteiger partial charge in [-0.25, -0.2) is 9.78 Å². The van der Waals surface area contributed by atoms with Crippen molar-refractivity contribution < 1.29 is 14.7 Å². The largest absolute Gasteiger partial charge is 0.481 e. The fourth-order valence-corrected chi connectivity index (χ4v) is 3.48. The molecule has 21 heavy (non-hydrogen) atoms. The molecule has 1 aromatic rings. The summed E-state index contributed by atoms with van der Waals surface area (Å²) in [4.78, 5) is 27.2. The molecule has 0 aromatic carbocycles. The van der Waals surface area contributed by atoms with Crippen LogP contribution < -0.4 is 10.6 Å². The lowest BCUT2D eigenvalue weighted by Gasteiger charge is -2.29. The topological polar surface area (TPSA) is 91.3 Å². The van der Waals surface area contributed by atoms with Gasteiger partial charge in [0.1, 0.15) is 0 Å². The van der Waals surface area contributed by atoms with Crippen LogP contribution in [-0.2, 0) is 4.79 Å². The number of carboxylic acid groups (broad SMARTS) is 1. The summed E-state index contributed by atoms with van der Waals surface area (Å²) in [7, 11) is 0. The standard InChI is InChI=1S/C14H21N3O3S/c1-10(12-15-6-7-21-12)9-16-13(20)17-14(8-11(18)19)4-2-3-5-14/h6-7,10H,2-5,8-9H2,1H3,(H,18,19)(H2,16,17,20). The first-order valence-electron chi connectivity index (χ1n) is 7.18. The highest BCUT2D eigenvalue weighted by Crippen LogP contribution is 2.32. The van der Waals surface area contributed by atoms with Crippen molar-refractivity contribution in [1.82, 2.24) is 15.6 Å². The maximum absolute atomic E-state index is 12.0. The smallest absolute Gasteiger partial charge is 0.315 e. The van der Waals surface area contributed by atoms with E-state index >= 15 is 0 Å². The lowest BCUT2D eigenvalue weighted by molar-refractivity contribution is -0.138. The SMILES string of the molecule is CC(CNC(=O)NC1(CC(=O)O)CCCC1)c1nccs1. The van der Waals surface area contributed by atoms with Crippen LogP contribution in [0.4, 0.5) is 4.79 Å². The Morgan fingerprint density at radius 3 is 2.76 bits per heavy atom. The summed E-state index contributed by atoms with van der Waals surface area (Å²) in [5.41, 5.74) is -0.583. The number of hydrogen-bond acceptors (Lipinski definition) is 4. The summed E-state index contributed by atoms with van der Waals surface area (Å²) >= 11 is 1.56. The van der Waals surface area contributed by atoms with Crippen LogP contribution in [0.1, 0.15) is 50.0 Å². The predicted molar refractivity (Wildman–Crippen MR) is 80.5 cm³/mol. The molecule has 7 heteroatoms. The van der Waals surface area contributed by atoms with Crippen molar-refractivity contribution in [2.75, 3.05) is 6.54 Å². The van der Waals surface area contributed by atoms with Crippen molar-refractivity contribution in [3.05, 3.63) is 16.6 Å². The lowest BCUT2D eigenvalue weighted by Crippen LogP contribution is -2.52. The number of thiazole rings is 1. The molecule has 3 N–H and O–H groups in total. The number of nitrogens with zero attached hydrogens (tertiary/aromatic N) is 1. The summed E-state index contributed by atoms with van der Waals surface area (Å²) in [5.74, 6) is -0.719. The van der Waals surface area contributed by atoms with Crippen LogP contribution in [0.5, 0.6) is 0 Å². The molecule has 0 aliphatic heterocycles. The Balaban J connectivity index is 1.84. The maximum Gasteiger partial charge on any atom is 0.315 e. The first-order chi connectivity index (χ1) is 10.0. The molecule has 1 atom stereocenters. The Morgan fingerprint density at radius 1 is 1.48 bits per heavy atom.